The molecule has 2 aliphatic heterocycles. The SMILES string of the molecule is CC1(C)CN(C(=O)CC2CCOc3ccccc32)CCC1N. The molecule has 120 valence electrons. The van der Waals surface area contributed by atoms with Crippen LogP contribution in [0.3, 0.4) is 0 Å². The summed E-state index contributed by atoms with van der Waals surface area (Å²) in [5.74, 6) is 1.46. The molecule has 0 bridgehead atoms. The number of benzene rings is 1. The van der Waals surface area contributed by atoms with E-state index >= 15 is 0 Å². The Morgan fingerprint density at radius 2 is 2.14 bits per heavy atom. The van der Waals surface area contributed by atoms with Crippen LogP contribution in [0.25, 0.3) is 0 Å². The first-order chi connectivity index (χ1) is 10.5. The van der Waals surface area contributed by atoms with Crippen molar-refractivity contribution < 1.29 is 9.53 Å². The van der Waals surface area contributed by atoms with E-state index in [0.717, 1.165) is 31.7 Å². The Labute approximate surface area is 132 Å². The van der Waals surface area contributed by atoms with E-state index in [1.54, 1.807) is 0 Å². The van der Waals surface area contributed by atoms with E-state index in [4.69, 9.17) is 10.5 Å². The number of hydrogen-bond acceptors (Lipinski definition) is 3. The summed E-state index contributed by atoms with van der Waals surface area (Å²) in [5, 5.41) is 0. The number of likely N-dealkylation sites (tertiary alicyclic amines) is 1. The van der Waals surface area contributed by atoms with Gasteiger partial charge in [0, 0.05) is 25.6 Å². The van der Waals surface area contributed by atoms with Crippen molar-refractivity contribution in [3.05, 3.63) is 29.8 Å². The molecule has 3 rings (SSSR count). The first kappa shape index (κ1) is 15.3. The maximum absolute atomic E-state index is 12.7. The Morgan fingerprint density at radius 1 is 1.36 bits per heavy atom. The van der Waals surface area contributed by atoms with Gasteiger partial charge in [-0.15, -0.1) is 0 Å². The lowest BCUT2D eigenvalue weighted by molar-refractivity contribution is -0.135. The van der Waals surface area contributed by atoms with Crippen molar-refractivity contribution in [3.63, 3.8) is 0 Å². The summed E-state index contributed by atoms with van der Waals surface area (Å²) in [6.07, 6.45) is 2.38. The number of carbonyl (C=O) groups is 1. The van der Waals surface area contributed by atoms with Gasteiger partial charge in [0.2, 0.25) is 5.91 Å². The lowest BCUT2D eigenvalue weighted by atomic mass is 9.79. The molecular weight excluding hydrogens is 276 g/mol. The second-order valence-electron chi connectivity index (χ2n) is 7.28. The first-order valence-corrected chi connectivity index (χ1v) is 8.22. The van der Waals surface area contributed by atoms with Gasteiger partial charge in [0.1, 0.15) is 5.75 Å². The number of rotatable bonds is 2. The zero-order valence-corrected chi connectivity index (χ0v) is 13.5. The fourth-order valence-electron chi connectivity index (χ4n) is 3.55. The lowest BCUT2D eigenvalue weighted by Crippen LogP contribution is -2.54. The molecule has 4 heteroatoms. The number of nitrogens with two attached hydrogens (primary N) is 1. The van der Waals surface area contributed by atoms with Crippen molar-refractivity contribution in [3.8, 4) is 5.75 Å². The molecule has 2 atom stereocenters. The summed E-state index contributed by atoms with van der Waals surface area (Å²) in [6, 6.07) is 8.27. The second-order valence-corrected chi connectivity index (χ2v) is 7.28. The Balaban J connectivity index is 1.68. The standard InChI is InChI=1S/C18H26N2O2/c1-18(2)12-20(9-7-16(18)19)17(21)11-13-8-10-22-15-6-4-3-5-14(13)15/h3-6,13,16H,7-12,19H2,1-2H3. The molecule has 0 aliphatic carbocycles. The van der Waals surface area contributed by atoms with Crippen molar-refractivity contribution in [1.82, 2.24) is 4.90 Å². The maximum Gasteiger partial charge on any atom is 0.223 e. The van der Waals surface area contributed by atoms with E-state index in [1.807, 2.05) is 23.1 Å². The van der Waals surface area contributed by atoms with Crippen LogP contribution in [0, 0.1) is 5.41 Å². The molecule has 2 aliphatic rings. The molecule has 1 fully saturated rings. The number of ether oxygens (including phenoxy) is 1. The Bertz CT molecular complexity index is 556. The third-order valence-corrected chi connectivity index (χ3v) is 5.17. The van der Waals surface area contributed by atoms with Crippen LogP contribution in [0.5, 0.6) is 5.75 Å². The minimum atomic E-state index is 0.00148. The molecule has 1 amide bonds. The molecule has 0 saturated carbocycles. The molecule has 22 heavy (non-hydrogen) atoms. The van der Waals surface area contributed by atoms with E-state index < -0.39 is 0 Å². The van der Waals surface area contributed by atoms with E-state index in [2.05, 4.69) is 19.9 Å². The first-order valence-electron chi connectivity index (χ1n) is 8.22. The highest BCUT2D eigenvalue weighted by Crippen LogP contribution is 2.36. The third-order valence-electron chi connectivity index (χ3n) is 5.17. The van der Waals surface area contributed by atoms with Crippen molar-refractivity contribution in [2.24, 2.45) is 11.1 Å². The van der Waals surface area contributed by atoms with Gasteiger partial charge in [-0.1, -0.05) is 32.0 Å². The molecule has 1 aromatic carbocycles. The Hall–Kier alpha value is -1.55. The van der Waals surface area contributed by atoms with E-state index in [9.17, 15) is 4.79 Å². The van der Waals surface area contributed by atoms with Crippen LogP contribution in [0.15, 0.2) is 24.3 Å². The number of nitrogens with zero attached hydrogens (tertiary/aromatic N) is 1. The van der Waals surface area contributed by atoms with Gasteiger partial charge in [-0.25, -0.2) is 0 Å². The fourth-order valence-corrected chi connectivity index (χ4v) is 3.55. The van der Waals surface area contributed by atoms with E-state index in [-0.39, 0.29) is 23.3 Å². The summed E-state index contributed by atoms with van der Waals surface area (Å²) in [4.78, 5) is 14.7. The predicted octanol–water partition coefficient (Wildman–Crippen LogP) is 2.53. The number of piperidine rings is 1. The second kappa shape index (κ2) is 5.92. The molecule has 2 heterocycles. The van der Waals surface area contributed by atoms with Gasteiger partial charge in [-0.3, -0.25) is 4.79 Å². The van der Waals surface area contributed by atoms with Crippen molar-refractivity contribution in [1.29, 1.82) is 0 Å². The normalized spacial score (nSPS) is 27.0. The van der Waals surface area contributed by atoms with Crippen molar-refractivity contribution >= 4 is 5.91 Å². The highest BCUT2D eigenvalue weighted by molar-refractivity contribution is 5.77. The molecule has 2 unspecified atom stereocenters. The van der Waals surface area contributed by atoms with Crippen LogP contribution < -0.4 is 10.5 Å². The number of amides is 1. The largest absolute Gasteiger partial charge is 0.493 e. The maximum atomic E-state index is 12.7. The smallest absolute Gasteiger partial charge is 0.223 e. The van der Waals surface area contributed by atoms with Gasteiger partial charge in [0.25, 0.3) is 0 Å². The van der Waals surface area contributed by atoms with Crippen LogP contribution in [-0.2, 0) is 4.79 Å². The third kappa shape index (κ3) is 2.98. The van der Waals surface area contributed by atoms with Crippen LogP contribution in [-0.4, -0.2) is 36.5 Å². The summed E-state index contributed by atoms with van der Waals surface area (Å²) in [7, 11) is 0. The minimum Gasteiger partial charge on any atom is -0.493 e. The molecule has 1 aromatic rings. The lowest BCUT2D eigenvalue weighted by Gasteiger charge is -2.43. The van der Waals surface area contributed by atoms with Gasteiger partial charge in [0.05, 0.1) is 6.61 Å². The molecule has 0 radical (unpaired) electrons. The van der Waals surface area contributed by atoms with Gasteiger partial charge in [-0.05, 0) is 35.8 Å². The number of fused-ring (bicyclic) bond motifs is 1. The van der Waals surface area contributed by atoms with Crippen LogP contribution >= 0.6 is 0 Å². The molecule has 1 saturated heterocycles. The summed E-state index contributed by atoms with van der Waals surface area (Å²) in [6.45, 7) is 6.55. The minimum absolute atomic E-state index is 0.00148. The van der Waals surface area contributed by atoms with E-state index in [0.29, 0.717) is 13.0 Å². The highest BCUT2D eigenvalue weighted by atomic mass is 16.5. The average molecular weight is 302 g/mol. The van der Waals surface area contributed by atoms with Gasteiger partial charge >= 0.3 is 0 Å². The van der Waals surface area contributed by atoms with Crippen LogP contribution in [0.1, 0.15) is 44.6 Å². The molecule has 0 spiro atoms. The van der Waals surface area contributed by atoms with Gasteiger partial charge < -0.3 is 15.4 Å². The zero-order valence-electron chi connectivity index (χ0n) is 13.5. The fraction of sp³-hybridized carbons (Fsp3) is 0.611. The predicted molar refractivity (Wildman–Crippen MR) is 86.9 cm³/mol. The summed E-state index contributed by atoms with van der Waals surface area (Å²) >= 11 is 0. The van der Waals surface area contributed by atoms with Crippen LogP contribution in [0.2, 0.25) is 0 Å². The van der Waals surface area contributed by atoms with Gasteiger partial charge in [0.15, 0.2) is 0 Å². The quantitative estimate of drug-likeness (QED) is 0.913. The highest BCUT2D eigenvalue weighted by Gasteiger charge is 2.36. The molecular formula is C18H26N2O2. The molecule has 0 aromatic heterocycles. The Morgan fingerprint density at radius 3 is 2.91 bits per heavy atom. The van der Waals surface area contributed by atoms with Gasteiger partial charge in [-0.2, -0.15) is 0 Å². The summed E-state index contributed by atoms with van der Waals surface area (Å²) < 4.78 is 5.69. The topological polar surface area (TPSA) is 55.6 Å². The van der Waals surface area contributed by atoms with E-state index in [1.165, 1.54) is 5.56 Å². The molecule has 2 N–H and O–H groups in total. The molecule has 4 nitrogen and oxygen atoms in total. The number of hydrogen-bond donors (Lipinski definition) is 1. The average Bonchev–Trinajstić information content (AvgIpc) is 2.50. The Kier molecular flexibility index (Phi) is 4.13. The number of para-hydroxylation sites is 1. The van der Waals surface area contributed by atoms with Crippen molar-refractivity contribution in [2.75, 3.05) is 19.7 Å². The van der Waals surface area contributed by atoms with Crippen molar-refractivity contribution in [2.45, 2.75) is 45.1 Å². The zero-order chi connectivity index (χ0) is 15.7. The monoisotopic (exact) mass is 302 g/mol. The number of carbonyl (C=O) groups excluding carboxylic acids is 1. The summed E-state index contributed by atoms with van der Waals surface area (Å²) in [5.41, 5.74) is 7.35. The van der Waals surface area contributed by atoms with Crippen LogP contribution in [0.4, 0.5) is 0 Å².